The number of fused-ring (bicyclic) bond motifs is 2. The molecule has 0 saturated heterocycles. The average Bonchev–Trinajstić information content (AvgIpc) is 2.81. The van der Waals surface area contributed by atoms with Crippen molar-refractivity contribution in [3.05, 3.63) is 140 Å². The summed E-state index contributed by atoms with van der Waals surface area (Å²) in [6.45, 7) is 5.83. The Kier molecular flexibility index (Phi) is 18.3. The van der Waals surface area contributed by atoms with Crippen molar-refractivity contribution in [3.8, 4) is 0 Å². The summed E-state index contributed by atoms with van der Waals surface area (Å²) in [4.78, 5) is 0. The largest absolute Gasteiger partial charge is 1.00 e. The molecule has 0 aliphatic heterocycles. The Morgan fingerprint density at radius 1 is 0.469 bits per heavy atom. The van der Waals surface area contributed by atoms with Gasteiger partial charge in [-0.05, 0) is 34.0 Å². The maximum absolute atomic E-state index is 3.83. The summed E-state index contributed by atoms with van der Waals surface area (Å²) in [5, 5.41) is 5.24. The number of hydrogen-bond donors (Lipinski definition) is 0. The predicted octanol–water partition coefficient (Wildman–Crippen LogP) is -0.251. The van der Waals surface area contributed by atoms with E-state index in [0.717, 1.165) is 5.57 Å². The first-order valence-corrected chi connectivity index (χ1v) is 9.82. The third-order valence-corrected chi connectivity index (χ3v) is 4.58. The first-order chi connectivity index (χ1) is 14.2. The Hall–Kier alpha value is -0.00364. The van der Waals surface area contributed by atoms with Crippen LogP contribution in [-0.2, 0) is 0 Å². The monoisotopic (exact) mass is 462 g/mol. The molecule has 5 aromatic carbocycles. The first-order valence-electron chi connectivity index (χ1n) is 9.82. The van der Waals surface area contributed by atoms with Crippen molar-refractivity contribution in [3.63, 3.8) is 0 Å². The third kappa shape index (κ3) is 10.9. The van der Waals surface area contributed by atoms with Gasteiger partial charge >= 0.3 is 110 Å². The molecular weight excluding hydrogens is 433 g/mol. The molecule has 0 spiro atoms. The maximum Gasteiger partial charge on any atom is 1.00 e. The van der Waals surface area contributed by atoms with Crippen LogP contribution in [0.15, 0.2) is 134 Å². The molecule has 0 nitrogen and oxygen atoms in total. The van der Waals surface area contributed by atoms with Crippen LogP contribution in [0.4, 0.5) is 0 Å². The predicted molar refractivity (Wildman–Crippen MR) is 132 cm³/mol. The van der Waals surface area contributed by atoms with Gasteiger partial charge in [0.1, 0.15) is 0 Å². The number of rotatable bonds is 1. The molecule has 148 valence electrons. The molecule has 0 unspecified atom stereocenters. The molecule has 5 aromatic rings. The van der Waals surface area contributed by atoms with Gasteiger partial charge in [-0.2, -0.15) is 0 Å². The fourth-order valence-corrected chi connectivity index (χ4v) is 2.99. The van der Waals surface area contributed by atoms with E-state index < -0.39 is 0 Å². The molecule has 0 aliphatic carbocycles. The van der Waals surface area contributed by atoms with Crippen LogP contribution < -0.4 is 110 Å². The molecule has 0 atom stereocenters. The summed E-state index contributed by atoms with van der Waals surface area (Å²) in [7, 11) is 0. The van der Waals surface area contributed by atoms with Crippen molar-refractivity contribution in [1.29, 1.82) is 0 Å². The Morgan fingerprint density at radius 3 is 0.875 bits per heavy atom. The zero-order chi connectivity index (χ0) is 20.3. The Morgan fingerprint density at radius 2 is 0.688 bits per heavy atom. The Labute approximate surface area is 284 Å². The van der Waals surface area contributed by atoms with Crippen molar-refractivity contribution < 1.29 is 115 Å². The summed E-state index contributed by atoms with van der Waals surface area (Å²) >= 11 is 0. The molecule has 0 heterocycles. The summed E-state index contributed by atoms with van der Waals surface area (Å²) in [6, 6.07) is 43.6. The van der Waals surface area contributed by atoms with Crippen LogP contribution in [0.3, 0.4) is 0 Å². The molecule has 0 aliphatic rings. The molecule has 5 rings (SSSR count). The van der Waals surface area contributed by atoms with Crippen LogP contribution in [0.2, 0.25) is 0 Å². The van der Waals surface area contributed by atoms with Gasteiger partial charge in [-0.25, -0.2) is 0 Å². The average molecular weight is 463 g/mol. The normalized spacial score (nSPS) is 8.78. The summed E-state index contributed by atoms with van der Waals surface area (Å²) in [6.07, 6.45) is 0. The molecular formula is C29H29KNa2. The van der Waals surface area contributed by atoms with E-state index in [9.17, 15) is 0 Å². The first kappa shape index (κ1) is 32.0. The fourth-order valence-electron chi connectivity index (χ4n) is 2.99. The molecule has 0 radical (unpaired) electrons. The third-order valence-electron chi connectivity index (χ3n) is 4.58. The minimum Gasteiger partial charge on any atom is -1.00 e. The Balaban J connectivity index is -0.000000190. The second-order valence-corrected chi connectivity index (χ2v) is 6.84. The molecule has 0 saturated carbocycles. The quantitative estimate of drug-likeness (QED) is 0.302. The van der Waals surface area contributed by atoms with E-state index in [4.69, 9.17) is 0 Å². The minimum absolute atomic E-state index is 0. The van der Waals surface area contributed by atoms with Gasteiger partial charge in [-0.3, -0.25) is 0 Å². The molecule has 32 heavy (non-hydrogen) atoms. The van der Waals surface area contributed by atoms with Crippen LogP contribution in [0.25, 0.3) is 27.1 Å². The van der Waals surface area contributed by atoms with Crippen LogP contribution >= 0.6 is 0 Å². The van der Waals surface area contributed by atoms with Gasteiger partial charge in [-0.15, -0.1) is 0 Å². The van der Waals surface area contributed by atoms with Gasteiger partial charge in [0.05, 0.1) is 0 Å². The van der Waals surface area contributed by atoms with Crippen LogP contribution in [-0.4, -0.2) is 0 Å². The van der Waals surface area contributed by atoms with Crippen LogP contribution in [0, 0.1) is 0 Å². The van der Waals surface area contributed by atoms with Crippen molar-refractivity contribution in [1.82, 2.24) is 0 Å². The van der Waals surface area contributed by atoms with Crippen molar-refractivity contribution in [2.45, 2.75) is 6.92 Å². The van der Waals surface area contributed by atoms with E-state index in [-0.39, 0.29) is 115 Å². The van der Waals surface area contributed by atoms with E-state index in [1.165, 1.54) is 27.1 Å². The molecule has 0 aromatic heterocycles. The molecule has 0 bridgehead atoms. The maximum atomic E-state index is 3.83. The van der Waals surface area contributed by atoms with Gasteiger partial charge in [0, 0.05) is 0 Å². The van der Waals surface area contributed by atoms with Crippen molar-refractivity contribution in [2.75, 3.05) is 0 Å². The summed E-state index contributed by atoms with van der Waals surface area (Å²) < 4.78 is 0. The van der Waals surface area contributed by atoms with Crippen LogP contribution in [0.5, 0.6) is 0 Å². The topological polar surface area (TPSA) is 0 Å². The summed E-state index contributed by atoms with van der Waals surface area (Å²) in [5.74, 6) is 0. The van der Waals surface area contributed by atoms with Crippen molar-refractivity contribution >= 4 is 27.1 Å². The summed E-state index contributed by atoms with van der Waals surface area (Å²) in [5.41, 5.74) is 2.34. The van der Waals surface area contributed by atoms with Gasteiger partial charge in [-0.1, -0.05) is 140 Å². The van der Waals surface area contributed by atoms with E-state index >= 15 is 0 Å². The van der Waals surface area contributed by atoms with Crippen LogP contribution in [0.1, 0.15) is 16.8 Å². The van der Waals surface area contributed by atoms with E-state index in [0.29, 0.717) is 0 Å². The fraction of sp³-hybridized carbons (Fsp3) is 0.0345. The second kappa shape index (κ2) is 18.3. The second-order valence-electron chi connectivity index (χ2n) is 6.84. The van der Waals surface area contributed by atoms with Gasteiger partial charge in [0.15, 0.2) is 0 Å². The Bertz CT molecular complexity index is 1000. The SMILES string of the molecule is C=C(C)c1ccccc1.[H-].[H-].[H-].[K+].[Na+].[Na+].c1ccc2ccccc2c1.c1ccc2ccccc2c1. The van der Waals surface area contributed by atoms with E-state index in [2.05, 4.69) is 116 Å². The minimum atomic E-state index is 0. The number of benzene rings is 5. The van der Waals surface area contributed by atoms with E-state index in [1.54, 1.807) is 0 Å². The smallest absolute Gasteiger partial charge is 1.00 e. The molecule has 0 N–H and O–H groups in total. The van der Waals surface area contributed by atoms with Gasteiger partial charge < -0.3 is 4.28 Å². The van der Waals surface area contributed by atoms with Gasteiger partial charge in [0.25, 0.3) is 0 Å². The number of hydrogen-bond acceptors (Lipinski definition) is 0. The number of allylic oxidation sites excluding steroid dienone is 1. The zero-order valence-electron chi connectivity index (χ0n) is 22.8. The molecule has 3 heteroatoms. The molecule has 0 amide bonds. The molecule has 0 fully saturated rings. The van der Waals surface area contributed by atoms with Crippen molar-refractivity contribution in [2.24, 2.45) is 0 Å². The van der Waals surface area contributed by atoms with E-state index in [1.807, 2.05) is 25.1 Å². The van der Waals surface area contributed by atoms with Gasteiger partial charge in [0.2, 0.25) is 0 Å². The standard InChI is InChI=1S/2C10H8.C9H10.K.2Na.3H/c2*1-2-6-10-8-4-3-7-9(10)5-1;1-8(2)9-6-4-3-5-7-9;;;;;;/h2*1-8H;3-7H,1H2,2H3;;;;;;/q;;;3*+1;3*-1. The zero-order valence-corrected chi connectivity index (χ0v) is 27.0.